The number of aromatic amines is 1. The van der Waals surface area contributed by atoms with E-state index in [9.17, 15) is 18.4 Å². The minimum Gasteiger partial charge on any atom is -0.492 e. The highest BCUT2D eigenvalue weighted by Crippen LogP contribution is 2.48. The maximum absolute atomic E-state index is 14.6. The number of hydrogen-bond donors (Lipinski definition) is 2. The van der Waals surface area contributed by atoms with Crippen LogP contribution in [0.2, 0.25) is 0 Å². The van der Waals surface area contributed by atoms with E-state index < -0.39 is 17.8 Å². The Morgan fingerprint density at radius 2 is 2.10 bits per heavy atom. The Morgan fingerprint density at radius 1 is 1.29 bits per heavy atom. The fourth-order valence-electron chi connectivity index (χ4n) is 4.11. The lowest BCUT2D eigenvalue weighted by atomic mass is 9.71. The number of amides is 1. The monoisotopic (exact) mass is 431 g/mol. The standard InChI is InChI=1S/C23H27F2N3O3/c1-14(22(30)28-20-6-5-18(12-26-20)31-13-15-2-3-15)16-8-9-23(24,25)19(10-16)17-4-7-21(29)27-11-17/h4-7,11-12,14-16,19H,2-3,8-10,13H2,1H3,(H,27,29)(H,26,28,30)/t14?,16-,19+/m0/s1. The Labute approximate surface area is 179 Å². The average Bonchev–Trinajstić information content (AvgIpc) is 3.58. The molecular formula is C23H27F2N3O3. The molecule has 1 unspecified atom stereocenters. The largest absolute Gasteiger partial charge is 0.492 e. The molecule has 2 aromatic heterocycles. The molecule has 3 atom stereocenters. The molecule has 31 heavy (non-hydrogen) atoms. The van der Waals surface area contributed by atoms with Crippen LogP contribution >= 0.6 is 0 Å². The SMILES string of the molecule is CC(C(=O)Nc1ccc(OCC2CC2)cn1)[C@H]1CCC(F)(F)[C@@H](c2ccc(=O)[nH]c2)C1. The summed E-state index contributed by atoms with van der Waals surface area (Å²) in [7, 11) is 0. The Hall–Kier alpha value is -2.77. The quantitative estimate of drug-likeness (QED) is 0.683. The van der Waals surface area contributed by atoms with Gasteiger partial charge in [0.15, 0.2) is 0 Å². The number of rotatable bonds is 7. The first-order valence-electron chi connectivity index (χ1n) is 10.8. The number of alkyl halides is 2. The summed E-state index contributed by atoms with van der Waals surface area (Å²) in [6.45, 7) is 2.45. The van der Waals surface area contributed by atoms with Gasteiger partial charge in [0.1, 0.15) is 11.6 Å². The number of anilines is 1. The molecule has 0 saturated heterocycles. The van der Waals surface area contributed by atoms with Gasteiger partial charge in [-0.25, -0.2) is 13.8 Å². The lowest BCUT2D eigenvalue weighted by molar-refractivity contribution is -0.124. The number of carbonyl (C=O) groups excluding carboxylic acids is 1. The van der Waals surface area contributed by atoms with Crippen LogP contribution < -0.4 is 15.6 Å². The van der Waals surface area contributed by atoms with Crippen LogP contribution in [0.4, 0.5) is 14.6 Å². The molecule has 1 amide bonds. The molecule has 2 aliphatic carbocycles. The second-order valence-corrected chi connectivity index (χ2v) is 8.75. The molecule has 2 heterocycles. The summed E-state index contributed by atoms with van der Waals surface area (Å²) >= 11 is 0. The number of aromatic nitrogens is 2. The summed E-state index contributed by atoms with van der Waals surface area (Å²) < 4.78 is 34.8. The lowest BCUT2D eigenvalue weighted by Gasteiger charge is -2.38. The molecule has 0 spiro atoms. The van der Waals surface area contributed by atoms with Crippen LogP contribution in [0.3, 0.4) is 0 Å². The van der Waals surface area contributed by atoms with Crippen molar-refractivity contribution < 1.29 is 18.3 Å². The smallest absolute Gasteiger partial charge is 0.254 e. The lowest BCUT2D eigenvalue weighted by Crippen LogP contribution is -2.38. The van der Waals surface area contributed by atoms with Gasteiger partial charge in [-0.3, -0.25) is 9.59 Å². The average molecular weight is 431 g/mol. The zero-order chi connectivity index (χ0) is 22.0. The number of nitrogens with one attached hydrogen (secondary N) is 2. The Morgan fingerprint density at radius 3 is 2.74 bits per heavy atom. The van der Waals surface area contributed by atoms with Crippen molar-refractivity contribution in [3.63, 3.8) is 0 Å². The Bertz CT molecular complexity index is 952. The molecule has 166 valence electrons. The van der Waals surface area contributed by atoms with Gasteiger partial charge in [-0.05, 0) is 55.2 Å². The predicted octanol–water partition coefficient (Wildman–Crippen LogP) is 4.35. The van der Waals surface area contributed by atoms with Gasteiger partial charge in [0.25, 0.3) is 5.92 Å². The van der Waals surface area contributed by atoms with E-state index in [4.69, 9.17) is 4.74 Å². The van der Waals surface area contributed by atoms with E-state index in [-0.39, 0.29) is 36.6 Å². The fourth-order valence-corrected chi connectivity index (χ4v) is 4.11. The van der Waals surface area contributed by atoms with Crippen LogP contribution in [0.25, 0.3) is 0 Å². The molecule has 6 nitrogen and oxygen atoms in total. The molecular weight excluding hydrogens is 404 g/mol. The second kappa shape index (κ2) is 8.77. The molecule has 0 aromatic carbocycles. The van der Waals surface area contributed by atoms with Gasteiger partial charge in [-0.2, -0.15) is 0 Å². The van der Waals surface area contributed by atoms with Crippen LogP contribution in [-0.4, -0.2) is 28.4 Å². The van der Waals surface area contributed by atoms with Crippen LogP contribution in [0.5, 0.6) is 5.75 Å². The molecule has 8 heteroatoms. The van der Waals surface area contributed by atoms with E-state index in [2.05, 4.69) is 15.3 Å². The molecule has 2 fully saturated rings. The first-order valence-corrected chi connectivity index (χ1v) is 10.8. The number of pyridine rings is 2. The first kappa shape index (κ1) is 21.5. The highest BCUT2D eigenvalue weighted by molar-refractivity contribution is 5.91. The van der Waals surface area contributed by atoms with Crippen molar-refractivity contribution in [3.8, 4) is 5.75 Å². The van der Waals surface area contributed by atoms with Crippen molar-refractivity contribution >= 4 is 11.7 Å². The van der Waals surface area contributed by atoms with Gasteiger partial charge < -0.3 is 15.0 Å². The third kappa shape index (κ3) is 5.29. The van der Waals surface area contributed by atoms with Crippen molar-refractivity contribution in [1.29, 1.82) is 0 Å². The third-order valence-electron chi connectivity index (χ3n) is 6.40. The number of halogens is 2. The molecule has 2 aromatic rings. The Kier molecular flexibility index (Phi) is 6.07. The zero-order valence-electron chi connectivity index (χ0n) is 17.4. The van der Waals surface area contributed by atoms with Crippen LogP contribution in [0, 0.1) is 17.8 Å². The topological polar surface area (TPSA) is 84.1 Å². The summed E-state index contributed by atoms with van der Waals surface area (Å²) in [5.41, 5.74) is 0.0639. The molecule has 0 bridgehead atoms. The Balaban J connectivity index is 1.37. The van der Waals surface area contributed by atoms with Gasteiger partial charge >= 0.3 is 0 Å². The van der Waals surface area contributed by atoms with Gasteiger partial charge in [0, 0.05) is 30.5 Å². The summed E-state index contributed by atoms with van der Waals surface area (Å²) in [6, 6.07) is 6.16. The highest BCUT2D eigenvalue weighted by Gasteiger charge is 2.47. The van der Waals surface area contributed by atoms with Crippen LogP contribution in [0.15, 0.2) is 41.5 Å². The van der Waals surface area contributed by atoms with Gasteiger partial charge in [0.2, 0.25) is 11.5 Å². The van der Waals surface area contributed by atoms with E-state index in [1.54, 1.807) is 25.3 Å². The fraction of sp³-hybridized carbons (Fsp3) is 0.522. The summed E-state index contributed by atoms with van der Waals surface area (Å²) in [6.07, 6.45) is 5.49. The van der Waals surface area contributed by atoms with Crippen molar-refractivity contribution in [2.75, 3.05) is 11.9 Å². The van der Waals surface area contributed by atoms with Gasteiger partial charge in [-0.1, -0.05) is 13.0 Å². The van der Waals surface area contributed by atoms with Crippen LogP contribution in [-0.2, 0) is 4.79 Å². The van der Waals surface area contributed by atoms with Crippen molar-refractivity contribution in [1.82, 2.24) is 9.97 Å². The normalized spacial score (nSPS) is 23.7. The highest BCUT2D eigenvalue weighted by atomic mass is 19.3. The number of ether oxygens (including phenoxy) is 1. The minimum absolute atomic E-state index is 0.176. The van der Waals surface area contributed by atoms with Crippen molar-refractivity contribution in [3.05, 3.63) is 52.6 Å². The third-order valence-corrected chi connectivity index (χ3v) is 6.40. The van der Waals surface area contributed by atoms with Gasteiger partial charge in [-0.15, -0.1) is 0 Å². The summed E-state index contributed by atoms with van der Waals surface area (Å²) in [5, 5.41) is 2.79. The van der Waals surface area contributed by atoms with E-state index >= 15 is 0 Å². The molecule has 4 rings (SSSR count). The zero-order valence-corrected chi connectivity index (χ0v) is 17.4. The van der Waals surface area contributed by atoms with Crippen molar-refractivity contribution in [2.24, 2.45) is 17.8 Å². The number of nitrogens with zero attached hydrogens (tertiary/aromatic N) is 1. The number of H-pyrrole nitrogens is 1. The van der Waals surface area contributed by atoms with Gasteiger partial charge in [0.05, 0.1) is 12.8 Å². The predicted molar refractivity (Wildman–Crippen MR) is 112 cm³/mol. The molecule has 0 radical (unpaired) electrons. The molecule has 0 aliphatic heterocycles. The first-order chi connectivity index (χ1) is 14.8. The summed E-state index contributed by atoms with van der Waals surface area (Å²) in [5.74, 6) is -3.07. The maximum Gasteiger partial charge on any atom is 0.254 e. The van der Waals surface area contributed by atoms with Crippen LogP contribution in [0.1, 0.15) is 50.5 Å². The van der Waals surface area contributed by atoms with E-state index in [0.717, 1.165) is 0 Å². The van der Waals surface area contributed by atoms with E-state index in [0.29, 0.717) is 29.7 Å². The molecule has 2 aliphatic rings. The van der Waals surface area contributed by atoms with E-state index in [1.165, 1.54) is 31.2 Å². The van der Waals surface area contributed by atoms with E-state index in [1.807, 2.05) is 0 Å². The molecule has 2 saturated carbocycles. The number of carbonyl (C=O) groups is 1. The van der Waals surface area contributed by atoms with Crippen molar-refractivity contribution in [2.45, 2.75) is 50.9 Å². The summed E-state index contributed by atoms with van der Waals surface area (Å²) in [4.78, 5) is 30.7. The second-order valence-electron chi connectivity index (χ2n) is 8.75. The molecule has 2 N–H and O–H groups in total. The maximum atomic E-state index is 14.6. The minimum atomic E-state index is -2.87. The number of hydrogen-bond acceptors (Lipinski definition) is 4.